The zero-order valence-electron chi connectivity index (χ0n) is 23.8. The van der Waals surface area contributed by atoms with Crippen molar-refractivity contribution >= 4 is 58.0 Å². The summed E-state index contributed by atoms with van der Waals surface area (Å²) in [6.07, 6.45) is 1.51. The van der Waals surface area contributed by atoms with Crippen molar-refractivity contribution in [3.05, 3.63) is 98.3 Å². The number of amides is 1. The number of halogens is 1. The maximum absolute atomic E-state index is 12.7. The van der Waals surface area contributed by atoms with Crippen LogP contribution in [0.5, 0.6) is 17.2 Å². The molecule has 1 aliphatic heterocycles. The third kappa shape index (κ3) is 8.45. The van der Waals surface area contributed by atoms with E-state index in [0.29, 0.717) is 51.4 Å². The molecule has 0 unspecified atom stereocenters. The first-order valence-electron chi connectivity index (χ1n) is 13.3. The molecule has 3 aromatic carbocycles. The summed E-state index contributed by atoms with van der Waals surface area (Å²) in [6.45, 7) is 3.81. The number of hydrogen-bond donors (Lipinski definition) is 3. The van der Waals surface area contributed by atoms with Gasteiger partial charge in [0.05, 0.1) is 35.1 Å². The molecule has 1 atom stereocenters. The van der Waals surface area contributed by atoms with Crippen molar-refractivity contribution in [2.24, 2.45) is 5.10 Å². The van der Waals surface area contributed by atoms with E-state index in [9.17, 15) is 9.59 Å². The summed E-state index contributed by atoms with van der Waals surface area (Å²) in [4.78, 5) is 25.3. The number of carbonyl (C=O) groups excluding carboxylic acids is 2. The second kappa shape index (κ2) is 15.3. The summed E-state index contributed by atoms with van der Waals surface area (Å²) in [5.74, 6) is 0.635. The van der Waals surface area contributed by atoms with Crippen LogP contribution in [0.25, 0.3) is 0 Å². The summed E-state index contributed by atoms with van der Waals surface area (Å²) < 4.78 is 23.5. The van der Waals surface area contributed by atoms with Crippen molar-refractivity contribution in [2.45, 2.75) is 26.5 Å². The van der Waals surface area contributed by atoms with E-state index in [1.165, 1.54) is 6.21 Å². The zero-order valence-corrected chi connectivity index (χ0v) is 26.8. The predicted molar refractivity (Wildman–Crippen MR) is 175 cm³/mol. The minimum absolute atomic E-state index is 0.226. The van der Waals surface area contributed by atoms with E-state index in [1.807, 2.05) is 42.5 Å². The number of methoxy groups -OCH3 is 1. The molecule has 4 rings (SSSR count). The number of rotatable bonds is 12. The Kier molecular flexibility index (Phi) is 11.3. The maximum atomic E-state index is 12.7. The quantitative estimate of drug-likeness (QED) is 0.0803. The summed E-state index contributed by atoms with van der Waals surface area (Å²) in [5, 5.41) is 10.5. The topological polar surface area (TPSA) is 120 Å². The zero-order chi connectivity index (χ0) is 30.8. The van der Waals surface area contributed by atoms with Crippen LogP contribution in [0.2, 0.25) is 0 Å². The smallest absolute Gasteiger partial charge is 0.338 e. The van der Waals surface area contributed by atoms with Crippen molar-refractivity contribution in [2.75, 3.05) is 20.3 Å². The highest BCUT2D eigenvalue weighted by atomic mass is 127. The number of benzene rings is 3. The Balaban J connectivity index is 1.40. The summed E-state index contributed by atoms with van der Waals surface area (Å²) in [7, 11) is 1.57. The second-order valence-electron chi connectivity index (χ2n) is 9.22. The van der Waals surface area contributed by atoms with Crippen molar-refractivity contribution < 1.29 is 28.5 Å². The third-order valence-electron chi connectivity index (χ3n) is 6.23. The van der Waals surface area contributed by atoms with E-state index in [1.54, 1.807) is 45.2 Å². The Labute approximate surface area is 269 Å². The average Bonchev–Trinajstić information content (AvgIpc) is 2.99. The molecule has 43 heavy (non-hydrogen) atoms. The van der Waals surface area contributed by atoms with Crippen LogP contribution in [0.3, 0.4) is 0 Å². The van der Waals surface area contributed by atoms with Crippen LogP contribution in [0.4, 0.5) is 0 Å². The largest absolute Gasteiger partial charge is 0.493 e. The number of hydrazone groups is 1. The van der Waals surface area contributed by atoms with Crippen LogP contribution in [-0.4, -0.2) is 43.5 Å². The van der Waals surface area contributed by atoms with Gasteiger partial charge in [-0.3, -0.25) is 4.79 Å². The summed E-state index contributed by atoms with van der Waals surface area (Å²) in [6, 6.07) is 20.0. The van der Waals surface area contributed by atoms with Gasteiger partial charge >= 0.3 is 5.97 Å². The van der Waals surface area contributed by atoms with Crippen LogP contribution >= 0.6 is 34.8 Å². The van der Waals surface area contributed by atoms with Crippen LogP contribution in [0.15, 0.2) is 83.1 Å². The van der Waals surface area contributed by atoms with Crippen molar-refractivity contribution in [1.29, 1.82) is 0 Å². The van der Waals surface area contributed by atoms with Crippen molar-refractivity contribution in [1.82, 2.24) is 16.1 Å². The number of nitrogens with one attached hydrogen (secondary N) is 3. The van der Waals surface area contributed by atoms with E-state index >= 15 is 0 Å². The maximum Gasteiger partial charge on any atom is 0.338 e. The first-order chi connectivity index (χ1) is 20.8. The van der Waals surface area contributed by atoms with Crippen LogP contribution < -0.4 is 30.3 Å². The van der Waals surface area contributed by atoms with Gasteiger partial charge in [0.15, 0.2) is 23.2 Å². The highest BCUT2D eigenvalue weighted by Gasteiger charge is 2.32. The molecule has 1 amide bonds. The number of hydrogen-bond acceptors (Lipinski definition) is 8. The first kappa shape index (κ1) is 31.8. The molecule has 0 aromatic heterocycles. The monoisotopic (exact) mass is 714 g/mol. The SMILES string of the molecule is CCOC(=O)C1=C(C)NC(=S)N[C@@H]1c1ccccc1OCC(=O)NN=Cc1cc(I)c(OCc2ccccc2)c(OC)c1. The molecule has 0 radical (unpaired) electrons. The fourth-order valence-electron chi connectivity index (χ4n) is 4.30. The Hall–Kier alpha value is -4.17. The average molecular weight is 715 g/mol. The van der Waals surface area contributed by atoms with Gasteiger partial charge in [-0.25, -0.2) is 10.2 Å². The van der Waals surface area contributed by atoms with Gasteiger partial charge in [-0.2, -0.15) is 5.10 Å². The van der Waals surface area contributed by atoms with E-state index in [-0.39, 0.29) is 13.2 Å². The van der Waals surface area contributed by atoms with Crippen LogP contribution in [0.1, 0.15) is 36.6 Å². The molecule has 1 heterocycles. The molecule has 224 valence electrons. The minimum atomic E-state index is -0.623. The van der Waals surface area contributed by atoms with Crippen molar-refractivity contribution in [3.8, 4) is 17.2 Å². The molecule has 0 bridgehead atoms. The number of thiocarbonyl (C=S) groups is 1. The lowest BCUT2D eigenvalue weighted by Gasteiger charge is -2.30. The normalized spacial score (nSPS) is 14.5. The Bertz CT molecular complexity index is 1550. The lowest BCUT2D eigenvalue weighted by Crippen LogP contribution is -2.45. The number of carbonyl (C=O) groups is 2. The molecule has 0 aliphatic carbocycles. The van der Waals surface area contributed by atoms with Gasteiger partial charge in [0.25, 0.3) is 5.91 Å². The third-order valence-corrected chi connectivity index (χ3v) is 7.26. The number of nitrogens with zero attached hydrogens (tertiary/aromatic N) is 1. The van der Waals surface area contributed by atoms with E-state index in [0.717, 1.165) is 9.13 Å². The molecular weight excluding hydrogens is 683 g/mol. The van der Waals surface area contributed by atoms with Crippen LogP contribution in [-0.2, 0) is 20.9 Å². The molecule has 0 spiro atoms. The fraction of sp³-hybridized carbons (Fsp3) is 0.226. The minimum Gasteiger partial charge on any atom is -0.493 e. The number of allylic oxidation sites excluding steroid dienone is 1. The van der Waals surface area contributed by atoms with E-state index < -0.39 is 17.9 Å². The second-order valence-corrected chi connectivity index (χ2v) is 10.8. The lowest BCUT2D eigenvalue weighted by molar-refractivity contribution is -0.139. The highest BCUT2D eigenvalue weighted by Crippen LogP contribution is 2.35. The summed E-state index contributed by atoms with van der Waals surface area (Å²) >= 11 is 7.49. The van der Waals surface area contributed by atoms with E-state index in [2.05, 4.69) is 43.8 Å². The molecule has 10 nitrogen and oxygen atoms in total. The fourth-order valence-corrected chi connectivity index (χ4v) is 5.35. The lowest BCUT2D eigenvalue weighted by atomic mass is 9.95. The van der Waals surface area contributed by atoms with Gasteiger partial charge in [-0.05, 0) is 78.0 Å². The predicted octanol–water partition coefficient (Wildman–Crippen LogP) is 4.76. The van der Waals surface area contributed by atoms with Gasteiger partial charge in [0.1, 0.15) is 12.4 Å². The van der Waals surface area contributed by atoms with Gasteiger partial charge in [-0.15, -0.1) is 0 Å². The van der Waals surface area contributed by atoms with Gasteiger partial charge in [-0.1, -0.05) is 48.5 Å². The van der Waals surface area contributed by atoms with Crippen LogP contribution in [0, 0.1) is 3.57 Å². The molecule has 12 heteroatoms. The Morgan fingerprint density at radius 2 is 1.81 bits per heavy atom. The van der Waals surface area contributed by atoms with Gasteiger partial charge < -0.3 is 29.6 Å². The number of esters is 1. The number of ether oxygens (including phenoxy) is 4. The molecule has 0 fully saturated rings. The number of para-hydroxylation sites is 1. The van der Waals surface area contributed by atoms with Gasteiger partial charge in [0, 0.05) is 11.3 Å². The molecule has 3 N–H and O–H groups in total. The molecule has 3 aromatic rings. The van der Waals surface area contributed by atoms with Gasteiger partial charge in [0.2, 0.25) is 0 Å². The first-order valence-corrected chi connectivity index (χ1v) is 14.8. The highest BCUT2D eigenvalue weighted by molar-refractivity contribution is 14.1. The standard InChI is InChI=1S/C31H31IN4O6S/c1-4-40-30(38)27-19(2)34-31(43)35-28(27)22-12-8-9-13-24(22)41-18-26(37)36-33-16-21-14-23(32)29(25(15-21)39-3)42-17-20-10-6-5-7-11-20/h5-16,28H,4,17-18H2,1-3H3,(H,36,37)(H2,34,35,43)/t28-/m1/s1. The Morgan fingerprint density at radius 1 is 1.07 bits per heavy atom. The molecular formula is C31H31IN4O6S. The molecule has 0 saturated carbocycles. The Morgan fingerprint density at radius 3 is 2.56 bits per heavy atom. The summed E-state index contributed by atoms with van der Waals surface area (Å²) in [5.41, 5.74) is 5.81. The molecule has 0 saturated heterocycles. The molecule has 1 aliphatic rings. The van der Waals surface area contributed by atoms with E-state index in [4.69, 9.17) is 31.2 Å². The van der Waals surface area contributed by atoms with Crippen molar-refractivity contribution in [3.63, 3.8) is 0 Å².